The predicted octanol–water partition coefficient (Wildman–Crippen LogP) is -2.92. The molecule has 0 spiro atoms. The van der Waals surface area contributed by atoms with Crippen molar-refractivity contribution in [1.29, 1.82) is 0 Å². The van der Waals surface area contributed by atoms with Crippen LogP contribution < -0.4 is 5.32 Å². The van der Waals surface area contributed by atoms with Gasteiger partial charge in [0.15, 0.2) is 28.0 Å². The van der Waals surface area contributed by atoms with Gasteiger partial charge in [0.05, 0.1) is 0 Å². The molecule has 32 heavy (non-hydrogen) atoms. The lowest BCUT2D eigenvalue weighted by Crippen LogP contribution is -2.89. The van der Waals surface area contributed by atoms with Crippen LogP contribution in [-0.2, 0) is 23.9 Å². The lowest BCUT2D eigenvalue weighted by atomic mass is 9.64. The van der Waals surface area contributed by atoms with E-state index in [0.29, 0.717) is 13.8 Å². The molecule has 1 rings (SSSR count). The van der Waals surface area contributed by atoms with Crippen molar-refractivity contribution in [2.24, 2.45) is 0 Å². The molecule has 1 fully saturated rings. The number of Topliss-reactive ketones (excluding diaryl/α,β-unsaturated/α-hetero) is 3. The Hall–Kier alpha value is -2.27. The van der Waals surface area contributed by atoms with Gasteiger partial charge in [-0.1, -0.05) is 0 Å². The molecular weight excluding hydrogens is 462 g/mol. The normalized spacial score (nSPS) is 33.2. The zero-order chi connectivity index (χ0) is 25.2. The Bertz CT molecular complexity index is 811. The second-order valence-corrected chi connectivity index (χ2v) is 7.39. The summed E-state index contributed by atoms with van der Waals surface area (Å²) in [7, 11) is 0.835. The Morgan fingerprint density at radius 2 is 1.75 bits per heavy atom. The minimum atomic E-state index is -3.73. The number of rotatable bonds is 9. The van der Waals surface area contributed by atoms with Crippen LogP contribution in [0.2, 0.25) is 0 Å². The Kier molecular flexibility index (Phi) is 8.41. The van der Waals surface area contributed by atoms with Crippen molar-refractivity contribution < 1.29 is 54.1 Å². The van der Waals surface area contributed by atoms with Gasteiger partial charge in [-0.3, -0.25) is 19.7 Å². The average Bonchev–Trinajstić information content (AvgIpc) is 2.69. The van der Waals surface area contributed by atoms with E-state index in [0.717, 1.165) is 14.0 Å². The predicted molar refractivity (Wildman–Crippen MR) is 102 cm³/mol. The second-order valence-electron chi connectivity index (χ2n) is 7.02. The van der Waals surface area contributed by atoms with E-state index in [-0.39, 0.29) is 5.01 Å². The van der Waals surface area contributed by atoms with E-state index in [2.05, 4.69) is 0 Å². The van der Waals surface area contributed by atoms with Gasteiger partial charge in [0.25, 0.3) is 0 Å². The summed E-state index contributed by atoms with van der Waals surface area (Å²) in [6.45, 7) is 1.39. The summed E-state index contributed by atoms with van der Waals surface area (Å²) in [5.74, 6) is -4.51. The summed E-state index contributed by atoms with van der Waals surface area (Å²) in [5.41, 5.74) is -10.8. The number of ether oxygens (including phenoxy) is 2. The van der Waals surface area contributed by atoms with Crippen molar-refractivity contribution in [1.82, 2.24) is 10.3 Å². The van der Waals surface area contributed by atoms with Gasteiger partial charge in [-0.2, -0.15) is 0 Å². The van der Waals surface area contributed by atoms with Crippen molar-refractivity contribution in [3.8, 4) is 0 Å². The summed E-state index contributed by atoms with van der Waals surface area (Å²) >= 11 is 5.41. The maximum atomic E-state index is 12.5. The first kappa shape index (κ1) is 27.8. The van der Waals surface area contributed by atoms with Gasteiger partial charge in [-0.15, -0.1) is 11.6 Å². The van der Waals surface area contributed by atoms with E-state index in [9.17, 15) is 49.7 Å². The van der Waals surface area contributed by atoms with Crippen LogP contribution in [0.3, 0.4) is 0 Å². The lowest BCUT2D eigenvalue weighted by molar-refractivity contribution is -0.632. The monoisotopic (exact) mass is 485 g/mol. The molecule has 6 atom stereocenters. The highest BCUT2D eigenvalue weighted by Gasteiger charge is 2.79. The number of nitrogens with one attached hydrogen (secondary N) is 1. The van der Waals surface area contributed by atoms with Crippen LogP contribution in [0.15, 0.2) is 0 Å². The number of aliphatic hydroxyl groups is 4. The summed E-state index contributed by atoms with van der Waals surface area (Å²) in [6.07, 6.45) is -6.99. The van der Waals surface area contributed by atoms with Gasteiger partial charge < -0.3 is 29.9 Å². The van der Waals surface area contributed by atoms with Crippen LogP contribution in [0, 0.1) is 10.1 Å². The minimum Gasteiger partial charge on any atom is -0.382 e. The quantitative estimate of drug-likeness (QED) is 0.0957. The molecule has 16 heteroatoms. The summed E-state index contributed by atoms with van der Waals surface area (Å²) in [6, 6.07) is -1.74. The molecule has 5 N–H and O–H groups in total. The molecule has 1 aliphatic heterocycles. The zero-order valence-electron chi connectivity index (χ0n) is 17.5. The number of carbonyl (C=O) groups is 4. The number of methoxy groups -OCH3 is 1. The first-order valence-electron chi connectivity index (χ1n) is 8.93. The SMILES string of the molecule is CO[C@H]1O[C@H](C(O)C(C)=O)[C@](O)(C(C)=O)[C@@](O)(C(C)=O)[C@@]1(O)NC(=O)N(CCCl)[N+](=O)[O-]. The first-order valence-corrected chi connectivity index (χ1v) is 9.47. The third kappa shape index (κ3) is 4.07. The number of ketones is 3. The van der Waals surface area contributed by atoms with Crippen molar-refractivity contribution in [3.63, 3.8) is 0 Å². The average molecular weight is 486 g/mol. The fourth-order valence-electron chi connectivity index (χ4n) is 3.45. The smallest absolute Gasteiger partial charge is 0.377 e. The number of halogens is 1. The van der Waals surface area contributed by atoms with Crippen molar-refractivity contribution >= 4 is 35.0 Å². The largest absolute Gasteiger partial charge is 0.382 e. The lowest BCUT2D eigenvalue weighted by Gasteiger charge is -2.58. The number of hydrogen-bond acceptors (Lipinski definition) is 12. The number of alkyl halides is 1. The van der Waals surface area contributed by atoms with E-state index in [1.54, 1.807) is 5.32 Å². The molecule has 15 nitrogen and oxygen atoms in total. The fourth-order valence-corrected chi connectivity index (χ4v) is 3.61. The summed E-state index contributed by atoms with van der Waals surface area (Å²) < 4.78 is 9.97. The Morgan fingerprint density at radius 3 is 2.09 bits per heavy atom. The molecule has 182 valence electrons. The van der Waals surface area contributed by atoms with E-state index in [1.165, 1.54) is 0 Å². The highest BCUT2D eigenvalue weighted by Crippen LogP contribution is 2.46. The molecule has 0 radical (unpaired) electrons. The molecule has 1 aliphatic rings. The van der Waals surface area contributed by atoms with Crippen molar-refractivity contribution in [2.75, 3.05) is 19.5 Å². The maximum Gasteiger partial charge on any atom is 0.377 e. The second kappa shape index (κ2) is 9.70. The number of aliphatic hydroxyl groups excluding tert-OH is 1. The third-order valence-corrected chi connectivity index (χ3v) is 5.28. The van der Waals surface area contributed by atoms with E-state index in [4.69, 9.17) is 21.1 Å². The van der Waals surface area contributed by atoms with Gasteiger partial charge in [-0.05, 0) is 25.8 Å². The standard InChI is InChI=1S/C16H24ClN3O12/c1-7(21)10(24)11-14(26,8(2)22)15(27,9(3)23)16(28,12(31-4)32-11)18-13(25)19(6-5-17)20(29)30/h10-12,24,26-28H,5-6H2,1-4H3,(H,18,25)/t10?,11-,12+,14-,15+,16-/m1/s1. The van der Waals surface area contributed by atoms with E-state index < -0.39 is 76.3 Å². The number of amides is 2. The maximum absolute atomic E-state index is 12.5. The number of carbonyl (C=O) groups excluding carboxylic acids is 4. The van der Waals surface area contributed by atoms with Crippen LogP contribution in [-0.4, -0.2) is 109 Å². The van der Waals surface area contributed by atoms with Gasteiger partial charge in [0.1, 0.15) is 18.8 Å². The van der Waals surface area contributed by atoms with Crippen LogP contribution in [0.4, 0.5) is 4.79 Å². The van der Waals surface area contributed by atoms with Gasteiger partial charge in [0.2, 0.25) is 17.6 Å². The van der Waals surface area contributed by atoms with Gasteiger partial charge >= 0.3 is 6.03 Å². The third-order valence-electron chi connectivity index (χ3n) is 5.12. The number of nitro groups is 1. The van der Waals surface area contributed by atoms with Crippen LogP contribution in [0.5, 0.6) is 0 Å². The highest BCUT2D eigenvalue weighted by molar-refractivity contribution is 6.18. The molecule has 0 bridgehead atoms. The number of nitrogens with zero attached hydrogens (tertiary/aromatic N) is 2. The van der Waals surface area contributed by atoms with Crippen LogP contribution in [0.1, 0.15) is 20.8 Å². The van der Waals surface area contributed by atoms with Crippen LogP contribution >= 0.6 is 11.6 Å². The molecule has 1 unspecified atom stereocenters. The van der Waals surface area contributed by atoms with Crippen molar-refractivity contribution in [2.45, 2.75) is 56.2 Å². The number of hydrogen-bond donors (Lipinski definition) is 5. The Balaban J connectivity index is 3.81. The highest BCUT2D eigenvalue weighted by atomic mass is 35.5. The molecule has 0 saturated carbocycles. The number of urea groups is 1. The Labute approximate surface area is 185 Å². The molecule has 0 aromatic heterocycles. The fraction of sp³-hybridized carbons (Fsp3) is 0.750. The van der Waals surface area contributed by atoms with Crippen LogP contribution in [0.25, 0.3) is 0 Å². The molecule has 0 aromatic carbocycles. The zero-order valence-corrected chi connectivity index (χ0v) is 18.2. The molecular formula is C16H24ClN3O12. The molecule has 2 amide bonds. The summed E-state index contributed by atoms with van der Waals surface area (Å²) in [4.78, 5) is 60.3. The molecule has 0 aromatic rings. The van der Waals surface area contributed by atoms with E-state index >= 15 is 0 Å². The number of hydrazine groups is 1. The molecule has 1 heterocycles. The van der Waals surface area contributed by atoms with E-state index in [1.807, 2.05) is 0 Å². The minimum absolute atomic E-state index is 0.137. The van der Waals surface area contributed by atoms with Gasteiger partial charge in [0, 0.05) is 13.0 Å². The first-order chi connectivity index (χ1) is 14.6. The molecule has 1 saturated heterocycles. The Morgan fingerprint density at radius 1 is 1.22 bits per heavy atom. The van der Waals surface area contributed by atoms with Gasteiger partial charge in [-0.25, -0.2) is 14.9 Å². The topological polar surface area (TPSA) is 226 Å². The van der Waals surface area contributed by atoms with Crippen molar-refractivity contribution in [3.05, 3.63) is 10.1 Å². The molecule has 0 aliphatic carbocycles. The summed E-state index contributed by atoms with van der Waals surface area (Å²) in [5, 5.41) is 55.2.